The standard InChI is InChI=1S/C14H28/c1-6-7-10(2)8-9-14-12(4)11(3)13(14)5/h10-14H,6-9H2,1-5H3. The summed E-state index contributed by atoms with van der Waals surface area (Å²) >= 11 is 0. The van der Waals surface area contributed by atoms with Gasteiger partial charge in [0.1, 0.15) is 0 Å². The molecule has 1 saturated carbocycles. The molecule has 0 heterocycles. The fourth-order valence-electron chi connectivity index (χ4n) is 3.23. The molecule has 0 amide bonds. The van der Waals surface area contributed by atoms with Gasteiger partial charge in [0.05, 0.1) is 0 Å². The monoisotopic (exact) mass is 196 g/mol. The molecule has 84 valence electrons. The van der Waals surface area contributed by atoms with Crippen molar-refractivity contribution in [2.75, 3.05) is 0 Å². The molecule has 1 aliphatic rings. The highest BCUT2D eigenvalue weighted by Gasteiger charge is 2.41. The molecule has 0 aromatic heterocycles. The van der Waals surface area contributed by atoms with Crippen LogP contribution in [0, 0.1) is 29.6 Å². The molecule has 0 radical (unpaired) electrons. The zero-order chi connectivity index (χ0) is 10.7. The van der Waals surface area contributed by atoms with Crippen LogP contribution in [0.3, 0.4) is 0 Å². The largest absolute Gasteiger partial charge is 0.0654 e. The second-order valence-corrected chi connectivity index (χ2v) is 5.71. The maximum absolute atomic E-state index is 2.44. The molecule has 14 heavy (non-hydrogen) atoms. The van der Waals surface area contributed by atoms with Gasteiger partial charge in [0.15, 0.2) is 0 Å². The Balaban J connectivity index is 2.19. The SMILES string of the molecule is CCCC(C)CCC1C(C)C(C)C1C. The van der Waals surface area contributed by atoms with Crippen molar-refractivity contribution in [3.8, 4) is 0 Å². The molecule has 1 rings (SSSR count). The molecular weight excluding hydrogens is 168 g/mol. The highest BCUT2D eigenvalue weighted by atomic mass is 14.5. The maximum atomic E-state index is 2.44. The van der Waals surface area contributed by atoms with Crippen molar-refractivity contribution in [3.05, 3.63) is 0 Å². The summed E-state index contributed by atoms with van der Waals surface area (Å²) in [5.41, 5.74) is 0. The van der Waals surface area contributed by atoms with E-state index >= 15 is 0 Å². The van der Waals surface area contributed by atoms with Gasteiger partial charge in [-0.2, -0.15) is 0 Å². The average Bonchev–Trinajstić information content (AvgIpc) is 2.17. The Morgan fingerprint density at radius 2 is 1.50 bits per heavy atom. The summed E-state index contributed by atoms with van der Waals surface area (Å²) in [7, 11) is 0. The second kappa shape index (κ2) is 5.19. The molecule has 0 spiro atoms. The van der Waals surface area contributed by atoms with Crippen LogP contribution in [-0.4, -0.2) is 0 Å². The highest BCUT2D eigenvalue weighted by Crippen LogP contribution is 2.48. The first kappa shape index (κ1) is 12.1. The van der Waals surface area contributed by atoms with Gasteiger partial charge in [0.25, 0.3) is 0 Å². The lowest BCUT2D eigenvalue weighted by molar-refractivity contribution is 0.00561. The van der Waals surface area contributed by atoms with E-state index in [1.54, 1.807) is 0 Å². The van der Waals surface area contributed by atoms with Crippen molar-refractivity contribution in [2.45, 2.75) is 60.3 Å². The van der Waals surface area contributed by atoms with Gasteiger partial charge in [-0.1, -0.05) is 53.9 Å². The second-order valence-electron chi connectivity index (χ2n) is 5.71. The first-order chi connectivity index (χ1) is 6.57. The van der Waals surface area contributed by atoms with Gasteiger partial charge >= 0.3 is 0 Å². The molecule has 0 aliphatic heterocycles. The molecular formula is C14H28. The Hall–Kier alpha value is 0. The van der Waals surface area contributed by atoms with Crippen LogP contribution in [0.1, 0.15) is 60.3 Å². The molecule has 0 N–H and O–H groups in total. The minimum atomic E-state index is 0.954. The van der Waals surface area contributed by atoms with E-state index in [-0.39, 0.29) is 0 Å². The molecule has 0 nitrogen and oxygen atoms in total. The van der Waals surface area contributed by atoms with Gasteiger partial charge in [0.2, 0.25) is 0 Å². The summed E-state index contributed by atoms with van der Waals surface area (Å²) in [6, 6.07) is 0. The smallest absolute Gasteiger partial charge is 0.0357 e. The molecule has 0 aromatic carbocycles. The molecule has 3 unspecified atom stereocenters. The summed E-state index contributed by atoms with van der Waals surface area (Å²) in [6.07, 6.45) is 5.71. The van der Waals surface area contributed by atoms with Crippen molar-refractivity contribution in [3.63, 3.8) is 0 Å². The van der Waals surface area contributed by atoms with E-state index in [0.29, 0.717) is 0 Å². The minimum Gasteiger partial charge on any atom is -0.0654 e. The Morgan fingerprint density at radius 3 is 2.00 bits per heavy atom. The molecule has 0 bridgehead atoms. The third kappa shape index (κ3) is 2.52. The van der Waals surface area contributed by atoms with E-state index in [9.17, 15) is 0 Å². The topological polar surface area (TPSA) is 0 Å². The zero-order valence-corrected chi connectivity index (χ0v) is 10.7. The van der Waals surface area contributed by atoms with E-state index in [4.69, 9.17) is 0 Å². The average molecular weight is 196 g/mol. The fraction of sp³-hybridized carbons (Fsp3) is 1.00. The quantitative estimate of drug-likeness (QED) is 0.595. The Labute approximate surface area is 90.5 Å². The van der Waals surface area contributed by atoms with Crippen LogP contribution < -0.4 is 0 Å². The van der Waals surface area contributed by atoms with Gasteiger partial charge < -0.3 is 0 Å². The van der Waals surface area contributed by atoms with Gasteiger partial charge in [-0.05, 0) is 36.0 Å². The summed E-state index contributed by atoms with van der Waals surface area (Å²) < 4.78 is 0. The van der Waals surface area contributed by atoms with Crippen LogP contribution in [0.15, 0.2) is 0 Å². The Bertz CT molecular complexity index is 151. The van der Waals surface area contributed by atoms with E-state index < -0.39 is 0 Å². The highest BCUT2D eigenvalue weighted by molar-refractivity contribution is 4.89. The van der Waals surface area contributed by atoms with Gasteiger partial charge in [-0.15, -0.1) is 0 Å². The minimum absolute atomic E-state index is 0.954. The van der Waals surface area contributed by atoms with Gasteiger partial charge in [-0.3, -0.25) is 0 Å². The number of hydrogen-bond donors (Lipinski definition) is 0. The molecule has 0 saturated heterocycles. The van der Waals surface area contributed by atoms with E-state index in [1.807, 2.05) is 0 Å². The molecule has 1 aliphatic carbocycles. The van der Waals surface area contributed by atoms with Crippen LogP contribution in [0.5, 0.6) is 0 Å². The summed E-state index contributed by atoms with van der Waals surface area (Å²) in [5.74, 6) is 4.93. The van der Waals surface area contributed by atoms with Crippen molar-refractivity contribution in [2.24, 2.45) is 29.6 Å². The number of rotatable bonds is 5. The maximum Gasteiger partial charge on any atom is -0.0357 e. The first-order valence-corrected chi connectivity index (χ1v) is 6.57. The summed E-state index contributed by atoms with van der Waals surface area (Å²) in [6.45, 7) is 12.0. The van der Waals surface area contributed by atoms with Crippen molar-refractivity contribution < 1.29 is 0 Å². The van der Waals surface area contributed by atoms with Crippen molar-refractivity contribution in [1.29, 1.82) is 0 Å². The summed E-state index contributed by atoms with van der Waals surface area (Å²) in [4.78, 5) is 0. The van der Waals surface area contributed by atoms with Crippen LogP contribution in [0.4, 0.5) is 0 Å². The Morgan fingerprint density at radius 1 is 0.929 bits per heavy atom. The van der Waals surface area contributed by atoms with Crippen LogP contribution in [-0.2, 0) is 0 Å². The molecule has 0 heteroatoms. The van der Waals surface area contributed by atoms with E-state index in [0.717, 1.165) is 29.6 Å². The van der Waals surface area contributed by atoms with Crippen molar-refractivity contribution in [1.82, 2.24) is 0 Å². The lowest BCUT2D eigenvalue weighted by Gasteiger charge is -2.48. The van der Waals surface area contributed by atoms with Gasteiger partial charge in [-0.25, -0.2) is 0 Å². The predicted molar refractivity (Wildman–Crippen MR) is 64.3 cm³/mol. The lowest BCUT2D eigenvalue weighted by atomic mass is 9.57. The molecule has 0 aromatic rings. The van der Waals surface area contributed by atoms with Crippen molar-refractivity contribution >= 4 is 0 Å². The lowest BCUT2D eigenvalue weighted by Crippen LogP contribution is -2.41. The molecule has 3 atom stereocenters. The van der Waals surface area contributed by atoms with E-state index in [2.05, 4.69) is 34.6 Å². The van der Waals surface area contributed by atoms with Gasteiger partial charge in [0, 0.05) is 0 Å². The van der Waals surface area contributed by atoms with Crippen LogP contribution in [0.2, 0.25) is 0 Å². The third-order valence-electron chi connectivity index (χ3n) is 4.78. The predicted octanol–water partition coefficient (Wildman–Crippen LogP) is 4.74. The fourth-order valence-corrected chi connectivity index (χ4v) is 3.23. The first-order valence-electron chi connectivity index (χ1n) is 6.57. The summed E-state index contributed by atoms with van der Waals surface area (Å²) in [5, 5.41) is 0. The van der Waals surface area contributed by atoms with E-state index in [1.165, 1.54) is 25.7 Å². The normalized spacial score (nSPS) is 39.2. The van der Waals surface area contributed by atoms with Crippen LogP contribution in [0.25, 0.3) is 0 Å². The van der Waals surface area contributed by atoms with Crippen LogP contribution >= 0.6 is 0 Å². The molecule has 1 fully saturated rings. The Kier molecular flexibility index (Phi) is 4.47. The zero-order valence-electron chi connectivity index (χ0n) is 10.7. The number of hydrogen-bond acceptors (Lipinski definition) is 0. The third-order valence-corrected chi connectivity index (χ3v) is 4.78.